The van der Waals surface area contributed by atoms with Gasteiger partial charge in [0.2, 0.25) is 0 Å². The SMILES string of the molecule is CN(C)C[N+]1(C)CCCCC(c2cccc(Oc3cc(C(C)(O)c4cncn4C)ccc3C#N)c2)C1=O. The molecule has 2 heterocycles. The summed E-state index contributed by atoms with van der Waals surface area (Å²) in [4.78, 5) is 19.9. The monoisotopic (exact) mass is 502 g/mol. The minimum Gasteiger partial charge on any atom is -0.456 e. The molecule has 3 unspecified atom stereocenters. The van der Waals surface area contributed by atoms with Crippen LogP contribution in [0.15, 0.2) is 55.0 Å². The van der Waals surface area contributed by atoms with Crippen LogP contribution in [0.3, 0.4) is 0 Å². The van der Waals surface area contributed by atoms with E-state index in [0.717, 1.165) is 31.4 Å². The average Bonchev–Trinajstić information content (AvgIpc) is 3.24. The lowest BCUT2D eigenvalue weighted by molar-refractivity contribution is -0.845. The van der Waals surface area contributed by atoms with Crippen LogP contribution in [0.25, 0.3) is 0 Å². The second-order valence-corrected chi connectivity index (χ2v) is 10.7. The molecule has 0 spiro atoms. The second-order valence-electron chi connectivity index (χ2n) is 10.7. The first-order valence-corrected chi connectivity index (χ1v) is 12.6. The molecule has 37 heavy (non-hydrogen) atoms. The largest absolute Gasteiger partial charge is 0.456 e. The standard InChI is InChI=1S/C29H36N5O3/c1-29(36,27-18-31-19-33(27)4)23-13-12-22(17-30)26(16-23)37-24-10-8-9-21(15-24)25-11-6-7-14-34(5,28(25)35)20-32(2)3/h8-10,12-13,15-16,18-19,25,36H,6-7,11,14,20H2,1-5H3/q+1. The van der Waals surface area contributed by atoms with E-state index >= 15 is 0 Å². The Labute approximate surface area is 218 Å². The van der Waals surface area contributed by atoms with Crippen LogP contribution >= 0.6 is 0 Å². The van der Waals surface area contributed by atoms with E-state index < -0.39 is 5.60 Å². The number of aromatic nitrogens is 2. The van der Waals surface area contributed by atoms with E-state index in [1.807, 2.05) is 52.5 Å². The van der Waals surface area contributed by atoms with E-state index in [9.17, 15) is 15.2 Å². The van der Waals surface area contributed by atoms with Crippen LogP contribution in [0.4, 0.5) is 0 Å². The molecule has 0 aliphatic carbocycles. The van der Waals surface area contributed by atoms with Gasteiger partial charge in [0.1, 0.15) is 29.8 Å². The van der Waals surface area contributed by atoms with E-state index in [0.29, 0.717) is 39.5 Å². The highest BCUT2D eigenvalue weighted by molar-refractivity contribution is 5.78. The second kappa shape index (κ2) is 10.5. The predicted octanol–water partition coefficient (Wildman–Crippen LogP) is 4.10. The average molecular weight is 503 g/mol. The molecule has 8 heteroatoms. The molecule has 0 bridgehead atoms. The first-order chi connectivity index (χ1) is 17.5. The third-order valence-corrected chi connectivity index (χ3v) is 7.29. The van der Waals surface area contributed by atoms with Crippen molar-refractivity contribution in [3.63, 3.8) is 0 Å². The molecule has 2 aromatic carbocycles. The molecule has 1 N–H and O–H groups in total. The lowest BCUT2D eigenvalue weighted by Gasteiger charge is -2.34. The number of imidazole rings is 1. The van der Waals surface area contributed by atoms with Crippen molar-refractivity contribution in [3.05, 3.63) is 77.4 Å². The van der Waals surface area contributed by atoms with Crippen LogP contribution in [0.5, 0.6) is 11.5 Å². The Hall–Kier alpha value is -3.51. The fraction of sp³-hybridized carbons (Fsp3) is 0.414. The lowest BCUT2D eigenvalue weighted by atomic mass is 9.91. The summed E-state index contributed by atoms with van der Waals surface area (Å²) in [5, 5.41) is 21.0. The number of likely N-dealkylation sites (N-methyl/N-ethyl adjacent to an activating group) is 1. The zero-order valence-electron chi connectivity index (χ0n) is 22.3. The fourth-order valence-electron chi connectivity index (χ4n) is 5.39. The third-order valence-electron chi connectivity index (χ3n) is 7.29. The van der Waals surface area contributed by atoms with Crippen LogP contribution in [-0.4, -0.2) is 64.3 Å². The molecule has 0 saturated carbocycles. The van der Waals surface area contributed by atoms with Crippen LogP contribution in [-0.2, 0) is 17.4 Å². The topological polar surface area (TPSA) is 91.4 Å². The van der Waals surface area contributed by atoms with Crippen molar-refractivity contribution in [1.29, 1.82) is 5.26 Å². The van der Waals surface area contributed by atoms with Crippen molar-refractivity contribution in [2.75, 3.05) is 34.4 Å². The minimum absolute atomic E-state index is 0.218. The highest BCUT2D eigenvalue weighted by Gasteiger charge is 2.40. The summed E-state index contributed by atoms with van der Waals surface area (Å²) in [5.74, 6) is 0.892. The molecule has 0 radical (unpaired) electrons. The van der Waals surface area contributed by atoms with E-state index in [1.165, 1.54) is 0 Å². The normalized spacial score (nSPS) is 21.8. The summed E-state index contributed by atoms with van der Waals surface area (Å²) in [6, 6.07) is 14.8. The van der Waals surface area contributed by atoms with Gasteiger partial charge in [-0.25, -0.2) is 14.3 Å². The fourth-order valence-corrected chi connectivity index (χ4v) is 5.39. The zero-order valence-corrected chi connectivity index (χ0v) is 22.3. The van der Waals surface area contributed by atoms with Gasteiger partial charge in [-0.15, -0.1) is 0 Å². The Morgan fingerprint density at radius 3 is 2.73 bits per heavy atom. The van der Waals surface area contributed by atoms with Gasteiger partial charge < -0.3 is 14.4 Å². The number of aryl methyl sites for hydroxylation is 1. The number of amides is 1. The van der Waals surface area contributed by atoms with Gasteiger partial charge in [-0.2, -0.15) is 5.26 Å². The molecule has 1 aliphatic heterocycles. The smallest absolute Gasteiger partial charge is 0.322 e. The number of nitriles is 1. The van der Waals surface area contributed by atoms with Gasteiger partial charge in [-0.1, -0.05) is 18.2 Å². The Kier molecular flexibility index (Phi) is 7.51. The van der Waals surface area contributed by atoms with Gasteiger partial charge in [0.15, 0.2) is 0 Å². The number of carbonyl (C=O) groups excluding carboxylic acids is 1. The van der Waals surface area contributed by atoms with Crippen molar-refractivity contribution >= 4 is 5.91 Å². The summed E-state index contributed by atoms with van der Waals surface area (Å²) in [6.45, 7) is 3.19. The molecule has 1 aliphatic rings. The summed E-state index contributed by atoms with van der Waals surface area (Å²) in [5.41, 5.74) is 1.15. The van der Waals surface area contributed by atoms with Crippen molar-refractivity contribution < 1.29 is 19.1 Å². The zero-order chi connectivity index (χ0) is 26.8. The number of hydrogen-bond acceptors (Lipinski definition) is 6. The summed E-state index contributed by atoms with van der Waals surface area (Å²) in [7, 11) is 7.84. The van der Waals surface area contributed by atoms with Crippen LogP contribution in [0, 0.1) is 11.3 Å². The number of hydrogen-bond donors (Lipinski definition) is 1. The molecule has 1 amide bonds. The molecule has 1 aromatic heterocycles. The maximum atomic E-state index is 13.7. The van der Waals surface area contributed by atoms with Crippen LogP contribution in [0.2, 0.25) is 0 Å². The summed E-state index contributed by atoms with van der Waals surface area (Å²) in [6.07, 6.45) is 6.06. The molecular weight excluding hydrogens is 466 g/mol. The van der Waals surface area contributed by atoms with Gasteiger partial charge in [-0.3, -0.25) is 4.90 Å². The molecule has 3 aromatic rings. The molecule has 1 saturated heterocycles. The van der Waals surface area contributed by atoms with Crippen LogP contribution < -0.4 is 4.74 Å². The van der Waals surface area contributed by atoms with Crippen molar-refractivity contribution in [2.24, 2.45) is 7.05 Å². The van der Waals surface area contributed by atoms with E-state index in [-0.39, 0.29) is 11.8 Å². The highest BCUT2D eigenvalue weighted by atomic mass is 16.5. The van der Waals surface area contributed by atoms with Gasteiger partial charge >= 0.3 is 5.91 Å². The number of likely N-dealkylation sites (tertiary alicyclic amines) is 1. The molecule has 194 valence electrons. The first kappa shape index (κ1) is 26.6. The quantitative estimate of drug-likeness (QED) is 0.489. The van der Waals surface area contributed by atoms with E-state index in [1.54, 1.807) is 42.2 Å². The Bertz CT molecular complexity index is 1320. The van der Waals surface area contributed by atoms with Crippen molar-refractivity contribution in [2.45, 2.75) is 37.7 Å². The van der Waals surface area contributed by atoms with Gasteiger partial charge in [0.05, 0.1) is 43.3 Å². The van der Waals surface area contributed by atoms with Gasteiger partial charge in [-0.05, 0) is 75.7 Å². The maximum Gasteiger partial charge on any atom is 0.322 e. The molecule has 4 rings (SSSR count). The number of benzene rings is 2. The number of nitrogens with zero attached hydrogens (tertiary/aromatic N) is 5. The number of quaternary nitrogens is 1. The highest BCUT2D eigenvalue weighted by Crippen LogP contribution is 2.36. The first-order valence-electron chi connectivity index (χ1n) is 12.6. The van der Waals surface area contributed by atoms with E-state index in [2.05, 4.69) is 16.0 Å². The number of carbonyl (C=O) groups is 1. The lowest BCUT2D eigenvalue weighted by Crippen LogP contribution is -2.55. The summed E-state index contributed by atoms with van der Waals surface area (Å²) >= 11 is 0. The maximum absolute atomic E-state index is 13.7. The molecular formula is C29H36N5O3+. The number of aliphatic hydroxyl groups is 1. The molecule has 1 fully saturated rings. The number of ether oxygens (including phenoxy) is 1. The Balaban J connectivity index is 1.65. The minimum atomic E-state index is -1.33. The Morgan fingerprint density at radius 1 is 1.27 bits per heavy atom. The van der Waals surface area contributed by atoms with E-state index in [4.69, 9.17) is 4.74 Å². The third kappa shape index (κ3) is 5.44. The molecule has 3 atom stereocenters. The van der Waals surface area contributed by atoms with Crippen molar-refractivity contribution in [3.8, 4) is 17.6 Å². The predicted molar refractivity (Wildman–Crippen MR) is 141 cm³/mol. The van der Waals surface area contributed by atoms with Crippen molar-refractivity contribution in [1.82, 2.24) is 14.5 Å². The number of rotatable bonds is 7. The summed E-state index contributed by atoms with van der Waals surface area (Å²) < 4.78 is 8.36. The van der Waals surface area contributed by atoms with Crippen LogP contribution in [0.1, 0.15) is 54.5 Å². The molecule has 8 nitrogen and oxygen atoms in total. The van der Waals surface area contributed by atoms with Gasteiger partial charge in [0, 0.05) is 7.05 Å². The Morgan fingerprint density at radius 2 is 2.05 bits per heavy atom. The van der Waals surface area contributed by atoms with Gasteiger partial charge in [0.25, 0.3) is 0 Å².